The lowest BCUT2D eigenvalue weighted by atomic mass is 9.98. The minimum atomic E-state index is 0.113. The molecule has 3 rings (SSSR count). The number of nitrogens with zero attached hydrogens (tertiary/aromatic N) is 2. The van der Waals surface area contributed by atoms with Gasteiger partial charge in [-0.2, -0.15) is 0 Å². The lowest BCUT2D eigenvalue weighted by molar-refractivity contribution is 0.0161. The molecule has 6 heteroatoms. The van der Waals surface area contributed by atoms with Crippen LogP contribution in [0.15, 0.2) is 30.5 Å². The molecule has 1 aromatic heterocycles. The summed E-state index contributed by atoms with van der Waals surface area (Å²) >= 11 is 1.80. The summed E-state index contributed by atoms with van der Waals surface area (Å²) in [6.45, 7) is 11.9. The van der Waals surface area contributed by atoms with Gasteiger partial charge in [-0.15, -0.1) is 11.3 Å². The first-order valence-corrected chi connectivity index (χ1v) is 10.4. The highest BCUT2D eigenvalue weighted by Crippen LogP contribution is 2.27. The Labute approximate surface area is 166 Å². The third-order valence-electron chi connectivity index (χ3n) is 4.82. The summed E-state index contributed by atoms with van der Waals surface area (Å²) in [6.07, 6.45) is 2.01. The zero-order valence-electron chi connectivity index (χ0n) is 16.8. The van der Waals surface area contributed by atoms with Gasteiger partial charge in [0.1, 0.15) is 5.75 Å². The molecule has 1 fully saturated rings. The van der Waals surface area contributed by atoms with E-state index in [0.29, 0.717) is 6.04 Å². The number of hydrogen-bond donors (Lipinski definition) is 1. The average molecular weight is 390 g/mol. The number of benzene rings is 1. The number of aromatic nitrogens is 1. The molecular formula is C21H31N3O2S. The monoisotopic (exact) mass is 389 g/mol. The maximum absolute atomic E-state index is 5.54. The van der Waals surface area contributed by atoms with Crippen molar-refractivity contribution in [2.24, 2.45) is 0 Å². The normalized spacial score (nSPS) is 17.0. The van der Waals surface area contributed by atoms with Crippen LogP contribution >= 0.6 is 11.3 Å². The van der Waals surface area contributed by atoms with Gasteiger partial charge in [0.15, 0.2) is 0 Å². The van der Waals surface area contributed by atoms with E-state index in [9.17, 15) is 0 Å². The van der Waals surface area contributed by atoms with E-state index in [-0.39, 0.29) is 5.41 Å². The highest BCUT2D eigenvalue weighted by atomic mass is 32.1. The summed E-state index contributed by atoms with van der Waals surface area (Å²) in [5.74, 6) is 0.895. The summed E-state index contributed by atoms with van der Waals surface area (Å²) < 4.78 is 10.9. The van der Waals surface area contributed by atoms with Crippen LogP contribution in [0, 0.1) is 0 Å². The molecule has 1 N–H and O–H groups in total. The Balaban J connectivity index is 1.64. The Kier molecular flexibility index (Phi) is 6.87. The summed E-state index contributed by atoms with van der Waals surface area (Å²) in [7, 11) is 1.71. The second kappa shape index (κ2) is 9.15. The average Bonchev–Trinajstić information content (AvgIpc) is 3.16. The van der Waals surface area contributed by atoms with Crippen molar-refractivity contribution in [3.63, 3.8) is 0 Å². The molecule has 1 saturated heterocycles. The quantitative estimate of drug-likeness (QED) is 0.784. The second-order valence-corrected chi connectivity index (χ2v) is 9.07. The predicted octanol–water partition coefficient (Wildman–Crippen LogP) is 3.61. The Bertz CT molecular complexity index is 703. The molecule has 0 amide bonds. The van der Waals surface area contributed by atoms with Crippen molar-refractivity contribution in [2.45, 2.75) is 38.8 Å². The SMILES string of the molecule is COc1ccc(C(CNCc2cnc(C(C)(C)C)s2)N2CCOCC2)cc1. The van der Waals surface area contributed by atoms with E-state index < -0.39 is 0 Å². The fourth-order valence-electron chi connectivity index (χ4n) is 3.24. The largest absolute Gasteiger partial charge is 0.497 e. The van der Waals surface area contributed by atoms with Gasteiger partial charge >= 0.3 is 0 Å². The first-order valence-electron chi connectivity index (χ1n) is 9.59. The van der Waals surface area contributed by atoms with Gasteiger partial charge in [-0.3, -0.25) is 4.90 Å². The van der Waals surface area contributed by atoms with Crippen molar-refractivity contribution in [1.29, 1.82) is 0 Å². The highest BCUT2D eigenvalue weighted by molar-refractivity contribution is 7.11. The van der Waals surface area contributed by atoms with Gasteiger partial charge in [0.25, 0.3) is 0 Å². The van der Waals surface area contributed by atoms with Gasteiger partial charge in [0.05, 0.1) is 25.3 Å². The Morgan fingerprint density at radius 3 is 2.52 bits per heavy atom. The van der Waals surface area contributed by atoms with Crippen molar-refractivity contribution in [3.05, 3.63) is 45.9 Å². The van der Waals surface area contributed by atoms with E-state index in [1.165, 1.54) is 15.4 Å². The van der Waals surface area contributed by atoms with Crippen molar-refractivity contribution in [3.8, 4) is 5.75 Å². The summed E-state index contributed by atoms with van der Waals surface area (Å²) in [6, 6.07) is 8.76. The highest BCUT2D eigenvalue weighted by Gasteiger charge is 2.23. The number of morpholine rings is 1. The fourth-order valence-corrected chi connectivity index (χ4v) is 4.18. The van der Waals surface area contributed by atoms with E-state index in [0.717, 1.165) is 45.1 Å². The minimum absolute atomic E-state index is 0.113. The van der Waals surface area contributed by atoms with E-state index in [1.807, 2.05) is 18.3 Å². The maximum Gasteiger partial charge on any atom is 0.118 e. The van der Waals surface area contributed by atoms with Crippen LogP contribution in [0.2, 0.25) is 0 Å². The van der Waals surface area contributed by atoms with Gasteiger partial charge in [0.2, 0.25) is 0 Å². The number of hydrogen-bond acceptors (Lipinski definition) is 6. The molecule has 5 nitrogen and oxygen atoms in total. The molecule has 148 valence electrons. The lowest BCUT2D eigenvalue weighted by Crippen LogP contribution is -2.42. The summed E-state index contributed by atoms with van der Waals surface area (Å²) in [4.78, 5) is 8.38. The van der Waals surface area contributed by atoms with Gasteiger partial charge in [-0.25, -0.2) is 4.98 Å². The van der Waals surface area contributed by atoms with Crippen LogP contribution in [0.5, 0.6) is 5.75 Å². The number of nitrogens with one attached hydrogen (secondary N) is 1. The van der Waals surface area contributed by atoms with Crippen LogP contribution in [0.25, 0.3) is 0 Å². The molecule has 0 radical (unpaired) electrons. The molecule has 1 aromatic carbocycles. The zero-order chi connectivity index (χ0) is 19.3. The molecule has 0 saturated carbocycles. The molecular weight excluding hydrogens is 358 g/mol. The summed E-state index contributed by atoms with van der Waals surface area (Å²) in [5.41, 5.74) is 1.42. The number of methoxy groups -OCH3 is 1. The first kappa shape index (κ1) is 20.3. The fraction of sp³-hybridized carbons (Fsp3) is 0.571. The molecule has 1 unspecified atom stereocenters. The van der Waals surface area contributed by atoms with E-state index in [4.69, 9.17) is 9.47 Å². The van der Waals surface area contributed by atoms with Gasteiger partial charge < -0.3 is 14.8 Å². The van der Waals surface area contributed by atoms with Crippen LogP contribution in [0.1, 0.15) is 42.3 Å². The molecule has 1 aliphatic heterocycles. The van der Waals surface area contributed by atoms with E-state index in [2.05, 4.69) is 48.1 Å². The van der Waals surface area contributed by atoms with Gasteiger partial charge in [-0.1, -0.05) is 32.9 Å². The number of rotatable bonds is 7. The molecule has 0 bridgehead atoms. The summed E-state index contributed by atoms with van der Waals surface area (Å²) in [5, 5.41) is 4.84. The second-order valence-electron chi connectivity index (χ2n) is 7.95. The number of ether oxygens (including phenoxy) is 2. The van der Waals surface area contributed by atoms with E-state index in [1.54, 1.807) is 18.4 Å². The third-order valence-corrected chi connectivity index (χ3v) is 6.24. The van der Waals surface area contributed by atoms with Crippen molar-refractivity contribution < 1.29 is 9.47 Å². The van der Waals surface area contributed by atoms with Gasteiger partial charge in [0, 0.05) is 48.7 Å². The van der Waals surface area contributed by atoms with Crippen LogP contribution < -0.4 is 10.1 Å². The van der Waals surface area contributed by atoms with Crippen molar-refractivity contribution in [2.75, 3.05) is 40.0 Å². The molecule has 2 heterocycles. The molecule has 27 heavy (non-hydrogen) atoms. The Morgan fingerprint density at radius 1 is 1.22 bits per heavy atom. The zero-order valence-corrected chi connectivity index (χ0v) is 17.6. The molecule has 0 aliphatic carbocycles. The molecule has 1 atom stereocenters. The first-order chi connectivity index (χ1) is 13.0. The number of thiazole rings is 1. The van der Waals surface area contributed by atoms with Crippen LogP contribution in [-0.2, 0) is 16.7 Å². The predicted molar refractivity (Wildman–Crippen MR) is 111 cm³/mol. The Morgan fingerprint density at radius 2 is 1.93 bits per heavy atom. The lowest BCUT2D eigenvalue weighted by Gasteiger charge is -2.35. The molecule has 0 spiro atoms. The smallest absolute Gasteiger partial charge is 0.118 e. The van der Waals surface area contributed by atoms with Gasteiger partial charge in [-0.05, 0) is 17.7 Å². The molecule has 1 aliphatic rings. The third kappa shape index (κ3) is 5.51. The van der Waals surface area contributed by atoms with E-state index >= 15 is 0 Å². The van der Waals surface area contributed by atoms with Crippen LogP contribution in [0.4, 0.5) is 0 Å². The Hall–Kier alpha value is -1.47. The van der Waals surface area contributed by atoms with Crippen LogP contribution in [0.3, 0.4) is 0 Å². The van der Waals surface area contributed by atoms with Crippen LogP contribution in [-0.4, -0.2) is 49.8 Å². The van der Waals surface area contributed by atoms with Crippen molar-refractivity contribution in [1.82, 2.24) is 15.2 Å². The van der Waals surface area contributed by atoms with Crippen molar-refractivity contribution >= 4 is 11.3 Å². The maximum atomic E-state index is 5.54. The minimum Gasteiger partial charge on any atom is -0.497 e. The standard InChI is InChI=1S/C21H31N3O2S/c1-21(2,3)20-23-14-18(27-20)13-22-15-19(24-9-11-26-12-10-24)16-5-7-17(25-4)8-6-16/h5-8,14,19,22H,9-13,15H2,1-4H3. The topological polar surface area (TPSA) is 46.6 Å². The molecule has 2 aromatic rings.